The van der Waals surface area contributed by atoms with Crippen LogP contribution in [0, 0.1) is 17.8 Å². The minimum Gasteiger partial charge on any atom is -0.478 e. The highest BCUT2D eigenvalue weighted by Gasteiger charge is 2.51. The molecule has 2 aromatic carbocycles. The molecule has 4 aliphatic carbocycles. The van der Waals surface area contributed by atoms with Crippen molar-refractivity contribution in [2.75, 3.05) is 5.32 Å². The van der Waals surface area contributed by atoms with Gasteiger partial charge in [-0.15, -0.1) is 0 Å². The smallest absolute Gasteiger partial charge is 0.418 e. The number of carbonyl (C=O) groups excluding carboxylic acids is 1. The molecule has 7 nitrogen and oxygen atoms in total. The number of amides is 1. The molecule has 7 rings (SSSR count). The largest absolute Gasteiger partial charge is 0.478 e. The summed E-state index contributed by atoms with van der Waals surface area (Å²) in [5.41, 5.74) is -0.200. The van der Waals surface area contributed by atoms with Crippen molar-refractivity contribution >= 4 is 40.8 Å². The second-order valence-corrected chi connectivity index (χ2v) is 11.8. The van der Waals surface area contributed by atoms with E-state index in [4.69, 9.17) is 37.6 Å². The fourth-order valence-corrected chi connectivity index (χ4v) is 6.76. The third-order valence-electron chi connectivity index (χ3n) is 8.31. The molecule has 0 aliphatic heterocycles. The minimum absolute atomic E-state index is 0.0331. The Bertz CT molecular complexity index is 1490. The van der Waals surface area contributed by atoms with Gasteiger partial charge in [0.05, 0.1) is 39.6 Å². The minimum atomic E-state index is -4.82. The number of benzene rings is 2. The van der Waals surface area contributed by atoms with Crippen LogP contribution < -0.4 is 5.32 Å². The number of aromatic carboxylic acids is 1. The third-order valence-corrected chi connectivity index (χ3v) is 8.94. The van der Waals surface area contributed by atoms with Gasteiger partial charge in [-0.2, -0.15) is 13.2 Å². The van der Waals surface area contributed by atoms with Crippen molar-refractivity contribution in [1.29, 1.82) is 0 Å². The van der Waals surface area contributed by atoms with Crippen LogP contribution in [0.25, 0.3) is 11.3 Å². The third kappa shape index (κ3) is 5.45. The summed E-state index contributed by atoms with van der Waals surface area (Å²) in [7, 11) is 0. The lowest BCUT2D eigenvalue weighted by Gasteiger charge is -2.51. The topological polar surface area (TPSA) is 102 Å². The predicted molar refractivity (Wildman–Crippen MR) is 144 cm³/mol. The summed E-state index contributed by atoms with van der Waals surface area (Å²) in [6.07, 6.45) is -0.996. The number of carboxylic acid groups (broad SMARTS) is 1. The Hall–Kier alpha value is -3.08. The molecule has 2 atom stereocenters. The first-order valence-electron chi connectivity index (χ1n) is 13.3. The number of alkyl halides is 3. The van der Waals surface area contributed by atoms with E-state index < -0.39 is 40.8 Å². The van der Waals surface area contributed by atoms with Crippen molar-refractivity contribution in [2.45, 2.75) is 56.9 Å². The number of anilines is 1. The number of carboxylic acids is 1. The first kappa shape index (κ1) is 28.1. The van der Waals surface area contributed by atoms with E-state index in [1.54, 1.807) is 18.2 Å². The highest BCUT2D eigenvalue weighted by molar-refractivity contribution is 6.39. The maximum absolute atomic E-state index is 13.6. The number of hydrogen-bond donors (Lipinski definition) is 2. The molecule has 216 valence electrons. The molecule has 2 bridgehead atoms. The molecule has 41 heavy (non-hydrogen) atoms. The Balaban J connectivity index is 1.13. The molecule has 2 unspecified atom stereocenters. The van der Waals surface area contributed by atoms with Crippen molar-refractivity contribution in [3.05, 3.63) is 68.9 Å². The SMILES string of the molecule is O=C(O)c1ccc(NC(=O)C2C3CC(OCc4c(-c5c(Cl)cccc5Cl)noc4C4CC4)CC2C3)c(C(F)(F)F)c1. The number of aromatic nitrogens is 1. The predicted octanol–water partition coefficient (Wildman–Crippen LogP) is 7.81. The number of ether oxygens (including phenoxy) is 1. The molecule has 0 spiro atoms. The van der Waals surface area contributed by atoms with Gasteiger partial charge in [-0.25, -0.2) is 4.79 Å². The summed E-state index contributed by atoms with van der Waals surface area (Å²) in [5, 5.41) is 16.7. The number of halogens is 5. The van der Waals surface area contributed by atoms with Crippen LogP contribution >= 0.6 is 23.2 Å². The van der Waals surface area contributed by atoms with E-state index in [0.29, 0.717) is 40.2 Å². The Morgan fingerprint density at radius 2 is 1.76 bits per heavy atom. The second kappa shape index (κ2) is 10.6. The maximum atomic E-state index is 13.6. The van der Waals surface area contributed by atoms with E-state index in [1.165, 1.54) is 0 Å². The number of hydrogen-bond acceptors (Lipinski definition) is 5. The Labute approximate surface area is 242 Å². The molecule has 1 aromatic heterocycles. The van der Waals surface area contributed by atoms with Crippen LogP contribution in [0.4, 0.5) is 18.9 Å². The van der Waals surface area contributed by atoms with Crippen molar-refractivity contribution in [1.82, 2.24) is 5.16 Å². The number of fused-ring (bicyclic) bond motifs is 2. The molecule has 4 saturated carbocycles. The summed E-state index contributed by atoms with van der Waals surface area (Å²) in [4.78, 5) is 24.2. The molecule has 1 heterocycles. The van der Waals surface area contributed by atoms with Crippen molar-refractivity contribution in [3.63, 3.8) is 0 Å². The zero-order chi connectivity index (χ0) is 29.1. The lowest BCUT2D eigenvalue weighted by molar-refractivity contribution is -0.142. The Morgan fingerprint density at radius 1 is 1.07 bits per heavy atom. The fourth-order valence-electron chi connectivity index (χ4n) is 6.18. The highest BCUT2D eigenvalue weighted by atomic mass is 35.5. The number of nitrogens with zero attached hydrogens (tertiary/aromatic N) is 1. The van der Waals surface area contributed by atoms with E-state index in [2.05, 4.69) is 10.5 Å². The van der Waals surface area contributed by atoms with E-state index in [9.17, 15) is 22.8 Å². The van der Waals surface area contributed by atoms with Gasteiger partial charge in [-0.3, -0.25) is 4.79 Å². The summed E-state index contributed by atoms with van der Waals surface area (Å²) < 4.78 is 52.8. The molecule has 3 aromatic rings. The van der Waals surface area contributed by atoms with Gasteiger partial charge in [0.1, 0.15) is 11.5 Å². The standard InChI is InChI=1S/C29H25Cl2F3N2O5/c30-20-2-1-3-21(31)24(20)25-18(26(41-36-25)13-4-5-13)12-40-17-9-15-8-16(10-17)23(15)27(37)35-22-7-6-14(28(38)39)11-19(22)29(32,33)34/h1-3,6-7,11,13,15-17,23H,4-5,8-10,12H2,(H,35,37)(H,38,39). The van der Waals surface area contributed by atoms with Gasteiger partial charge in [-0.1, -0.05) is 34.4 Å². The lowest BCUT2D eigenvalue weighted by Crippen LogP contribution is -2.51. The van der Waals surface area contributed by atoms with Crippen LogP contribution in [0.15, 0.2) is 40.9 Å². The van der Waals surface area contributed by atoms with Gasteiger partial charge in [0.15, 0.2) is 0 Å². The molecule has 4 fully saturated rings. The van der Waals surface area contributed by atoms with Crippen molar-refractivity contribution < 1.29 is 37.1 Å². The molecule has 0 radical (unpaired) electrons. The van der Waals surface area contributed by atoms with E-state index >= 15 is 0 Å². The molecule has 12 heteroatoms. The first-order chi connectivity index (χ1) is 19.5. The molecule has 1 amide bonds. The average molecular weight is 609 g/mol. The molecule has 0 saturated heterocycles. The fraction of sp³-hybridized carbons (Fsp3) is 0.414. The van der Waals surface area contributed by atoms with Crippen LogP contribution in [0.5, 0.6) is 0 Å². The monoisotopic (exact) mass is 608 g/mol. The average Bonchev–Trinajstić information content (AvgIpc) is 3.67. The van der Waals surface area contributed by atoms with Crippen LogP contribution in [0.1, 0.15) is 65.3 Å². The van der Waals surface area contributed by atoms with Crippen LogP contribution in [0.3, 0.4) is 0 Å². The second-order valence-electron chi connectivity index (χ2n) is 11.0. The number of rotatable bonds is 8. The molecular weight excluding hydrogens is 584 g/mol. The van der Waals surface area contributed by atoms with Gasteiger partial charge in [0.2, 0.25) is 5.91 Å². The van der Waals surface area contributed by atoms with E-state index in [1.807, 2.05) is 0 Å². The maximum Gasteiger partial charge on any atom is 0.418 e. The molecule has 4 aliphatic rings. The Kier molecular flexibility index (Phi) is 7.28. The summed E-state index contributed by atoms with van der Waals surface area (Å²) >= 11 is 12.9. The highest BCUT2D eigenvalue weighted by Crippen LogP contribution is 2.53. The molecular formula is C29H25Cl2F3N2O5. The van der Waals surface area contributed by atoms with E-state index in [-0.39, 0.29) is 30.5 Å². The van der Waals surface area contributed by atoms with Gasteiger partial charge in [0.25, 0.3) is 0 Å². The van der Waals surface area contributed by atoms with Crippen molar-refractivity contribution in [3.8, 4) is 11.3 Å². The van der Waals surface area contributed by atoms with Gasteiger partial charge >= 0.3 is 12.1 Å². The summed E-state index contributed by atoms with van der Waals surface area (Å²) in [6, 6.07) is 7.79. The zero-order valence-electron chi connectivity index (χ0n) is 21.5. The van der Waals surface area contributed by atoms with Crippen LogP contribution in [-0.2, 0) is 22.3 Å². The quantitative estimate of drug-likeness (QED) is 0.270. The first-order valence-corrected chi connectivity index (χ1v) is 14.1. The lowest BCUT2D eigenvalue weighted by atomic mass is 9.56. The summed E-state index contributed by atoms with van der Waals surface area (Å²) in [5.74, 6) is -1.44. The summed E-state index contributed by atoms with van der Waals surface area (Å²) in [6.45, 7) is 0.234. The van der Waals surface area contributed by atoms with Crippen LogP contribution in [-0.4, -0.2) is 28.2 Å². The van der Waals surface area contributed by atoms with E-state index in [0.717, 1.165) is 42.7 Å². The zero-order valence-corrected chi connectivity index (χ0v) is 23.0. The number of nitrogens with one attached hydrogen (secondary N) is 1. The van der Waals surface area contributed by atoms with Crippen LogP contribution in [0.2, 0.25) is 10.0 Å². The number of carbonyl (C=O) groups is 2. The van der Waals surface area contributed by atoms with Gasteiger partial charge in [0, 0.05) is 23.0 Å². The van der Waals surface area contributed by atoms with Gasteiger partial charge < -0.3 is 19.7 Å². The molecule has 2 N–H and O–H groups in total. The normalized spacial score (nSPS) is 23.6. The van der Waals surface area contributed by atoms with Crippen molar-refractivity contribution in [2.24, 2.45) is 17.8 Å². The van der Waals surface area contributed by atoms with Gasteiger partial charge in [-0.05, 0) is 74.3 Å². The Morgan fingerprint density at radius 3 is 2.37 bits per heavy atom.